The van der Waals surface area contributed by atoms with Crippen molar-refractivity contribution in [1.82, 2.24) is 25.6 Å². The summed E-state index contributed by atoms with van der Waals surface area (Å²) in [6, 6.07) is 5.37. The van der Waals surface area contributed by atoms with Crippen LogP contribution in [0.4, 0.5) is 5.69 Å². The van der Waals surface area contributed by atoms with Crippen LogP contribution in [0.25, 0.3) is 5.69 Å². The first-order chi connectivity index (χ1) is 12.9. The molecule has 138 valence electrons. The predicted molar refractivity (Wildman–Crippen MR) is 91.1 cm³/mol. The second-order valence-electron chi connectivity index (χ2n) is 5.54. The van der Waals surface area contributed by atoms with Gasteiger partial charge in [-0.1, -0.05) is 0 Å². The molecule has 2 heterocycles. The first kappa shape index (κ1) is 17.8. The quantitative estimate of drug-likeness (QED) is 0.522. The second kappa shape index (κ2) is 7.07. The average Bonchev–Trinajstić information content (AvgIpc) is 3.28. The van der Waals surface area contributed by atoms with E-state index in [4.69, 9.17) is 4.42 Å². The molecule has 0 radical (unpaired) electrons. The molecule has 2 amide bonds. The van der Waals surface area contributed by atoms with Crippen molar-refractivity contribution in [3.63, 3.8) is 0 Å². The van der Waals surface area contributed by atoms with Gasteiger partial charge in [-0.25, -0.2) is 9.67 Å². The molecule has 3 aromatic rings. The first-order valence-electron chi connectivity index (χ1n) is 7.68. The van der Waals surface area contributed by atoms with Crippen LogP contribution in [0.2, 0.25) is 0 Å². The summed E-state index contributed by atoms with van der Waals surface area (Å²) in [5.74, 6) is -0.309. The minimum absolute atomic E-state index is 0.00837. The highest BCUT2D eigenvalue weighted by Gasteiger charge is 2.20. The molecule has 0 unspecified atom stereocenters. The number of hydrogen-bond acceptors (Lipinski definition) is 7. The molecular formula is C16H14N6O5. The zero-order chi connectivity index (χ0) is 19.6. The van der Waals surface area contributed by atoms with Crippen molar-refractivity contribution in [2.45, 2.75) is 13.8 Å². The smallest absolute Gasteiger partial charge is 0.295 e. The number of hydrazine groups is 1. The van der Waals surface area contributed by atoms with E-state index in [2.05, 4.69) is 20.9 Å². The van der Waals surface area contributed by atoms with Gasteiger partial charge in [0.05, 0.1) is 10.5 Å². The summed E-state index contributed by atoms with van der Waals surface area (Å²) in [6.45, 7) is 3.31. The molecular weight excluding hydrogens is 356 g/mol. The van der Waals surface area contributed by atoms with Crippen molar-refractivity contribution in [2.24, 2.45) is 0 Å². The normalized spacial score (nSPS) is 10.4. The van der Waals surface area contributed by atoms with Crippen LogP contribution in [0, 0.1) is 24.0 Å². The highest BCUT2D eigenvalue weighted by Crippen LogP contribution is 2.23. The molecule has 0 fully saturated rings. The van der Waals surface area contributed by atoms with Crippen LogP contribution in [-0.4, -0.2) is 31.5 Å². The van der Waals surface area contributed by atoms with E-state index in [0.29, 0.717) is 11.5 Å². The number of carbonyl (C=O) groups excluding carboxylic acids is 2. The number of aromatic nitrogens is 3. The van der Waals surface area contributed by atoms with Crippen molar-refractivity contribution in [2.75, 3.05) is 0 Å². The number of nitro groups is 1. The van der Waals surface area contributed by atoms with Gasteiger partial charge in [0.15, 0.2) is 0 Å². The number of nitrogens with zero attached hydrogens (tertiary/aromatic N) is 4. The number of hydrogen-bond donors (Lipinski definition) is 2. The number of nitrogens with one attached hydrogen (secondary N) is 2. The lowest BCUT2D eigenvalue weighted by Crippen LogP contribution is -2.41. The maximum atomic E-state index is 12.2. The van der Waals surface area contributed by atoms with Crippen molar-refractivity contribution < 1.29 is 18.9 Å². The molecule has 2 N–H and O–H groups in total. The summed E-state index contributed by atoms with van der Waals surface area (Å²) in [7, 11) is 0. The van der Waals surface area contributed by atoms with E-state index in [0.717, 1.165) is 6.07 Å². The summed E-state index contributed by atoms with van der Waals surface area (Å²) in [4.78, 5) is 38.7. The van der Waals surface area contributed by atoms with Gasteiger partial charge in [-0.15, -0.1) is 0 Å². The lowest BCUT2D eigenvalue weighted by molar-refractivity contribution is -0.384. The van der Waals surface area contributed by atoms with Gasteiger partial charge in [-0.2, -0.15) is 5.10 Å². The molecule has 11 nitrogen and oxygen atoms in total. The second-order valence-corrected chi connectivity index (χ2v) is 5.54. The zero-order valence-corrected chi connectivity index (χ0v) is 14.3. The molecule has 2 aromatic heterocycles. The highest BCUT2D eigenvalue weighted by atomic mass is 16.6. The Bertz CT molecular complexity index is 1020. The molecule has 0 aliphatic heterocycles. The Labute approximate surface area is 152 Å². The van der Waals surface area contributed by atoms with Crippen LogP contribution < -0.4 is 10.9 Å². The van der Waals surface area contributed by atoms with Crippen molar-refractivity contribution >= 4 is 17.5 Å². The zero-order valence-electron chi connectivity index (χ0n) is 14.3. The maximum absolute atomic E-state index is 12.2. The van der Waals surface area contributed by atoms with Gasteiger partial charge in [-0.05, 0) is 32.0 Å². The maximum Gasteiger partial charge on any atom is 0.295 e. The number of nitro benzene ring substituents is 1. The number of aryl methyl sites for hydroxylation is 2. The fourth-order valence-electron chi connectivity index (χ4n) is 2.45. The fourth-order valence-corrected chi connectivity index (χ4v) is 2.45. The molecule has 0 saturated carbocycles. The Kier molecular flexibility index (Phi) is 4.66. The molecule has 1 aromatic carbocycles. The Morgan fingerprint density at radius 1 is 1.19 bits per heavy atom. The van der Waals surface area contributed by atoms with Gasteiger partial charge in [0.1, 0.15) is 29.9 Å². The summed E-state index contributed by atoms with van der Waals surface area (Å²) in [6.07, 6.45) is 2.54. The van der Waals surface area contributed by atoms with E-state index < -0.39 is 16.7 Å². The van der Waals surface area contributed by atoms with E-state index in [-0.39, 0.29) is 22.5 Å². The van der Waals surface area contributed by atoms with Gasteiger partial charge in [-0.3, -0.25) is 30.6 Å². The molecule has 0 aliphatic carbocycles. The van der Waals surface area contributed by atoms with Crippen LogP contribution in [0.15, 0.2) is 41.3 Å². The van der Waals surface area contributed by atoms with Crippen molar-refractivity contribution in [3.8, 4) is 5.69 Å². The van der Waals surface area contributed by atoms with Crippen LogP contribution in [-0.2, 0) is 0 Å². The molecule has 27 heavy (non-hydrogen) atoms. The molecule has 0 saturated heterocycles. The fraction of sp³-hybridized carbons (Fsp3) is 0.125. The topological polar surface area (TPSA) is 145 Å². The predicted octanol–water partition coefficient (Wildman–Crippen LogP) is 1.46. The number of amides is 2. The molecule has 11 heteroatoms. The number of benzene rings is 1. The lowest BCUT2D eigenvalue weighted by Gasteiger charge is -2.08. The molecule has 3 rings (SSSR count). The van der Waals surface area contributed by atoms with E-state index >= 15 is 0 Å². The summed E-state index contributed by atoms with van der Waals surface area (Å²) < 4.78 is 6.47. The Morgan fingerprint density at radius 3 is 2.52 bits per heavy atom. The number of rotatable bonds is 4. The van der Waals surface area contributed by atoms with Gasteiger partial charge < -0.3 is 4.42 Å². The Balaban J connectivity index is 1.77. The van der Waals surface area contributed by atoms with Crippen LogP contribution >= 0.6 is 0 Å². The van der Waals surface area contributed by atoms with Gasteiger partial charge in [0.25, 0.3) is 17.5 Å². The molecule has 0 aliphatic rings. The Hall–Kier alpha value is -4.02. The first-order valence-corrected chi connectivity index (χ1v) is 7.68. The monoisotopic (exact) mass is 370 g/mol. The third-order valence-electron chi connectivity index (χ3n) is 3.68. The van der Waals surface area contributed by atoms with E-state index in [1.54, 1.807) is 13.8 Å². The Morgan fingerprint density at radius 2 is 1.93 bits per heavy atom. The lowest BCUT2D eigenvalue weighted by atomic mass is 10.1. The van der Waals surface area contributed by atoms with Crippen molar-refractivity contribution in [1.29, 1.82) is 0 Å². The third-order valence-corrected chi connectivity index (χ3v) is 3.68. The number of furan rings is 1. The SMILES string of the molecule is Cc1cc(C(=O)NNC(=O)c2ccc(-n3cncn3)c([N+](=O)[O-])c2)c(C)o1. The van der Waals surface area contributed by atoms with Gasteiger partial charge in [0.2, 0.25) is 0 Å². The minimum atomic E-state index is -0.713. The molecule has 0 bridgehead atoms. The van der Waals surface area contributed by atoms with E-state index in [9.17, 15) is 19.7 Å². The largest absolute Gasteiger partial charge is 0.466 e. The van der Waals surface area contributed by atoms with E-state index in [1.165, 1.54) is 35.5 Å². The minimum Gasteiger partial charge on any atom is -0.466 e. The summed E-state index contributed by atoms with van der Waals surface area (Å²) >= 11 is 0. The van der Waals surface area contributed by atoms with Crippen LogP contribution in [0.3, 0.4) is 0 Å². The third kappa shape index (κ3) is 3.66. The van der Waals surface area contributed by atoms with Gasteiger partial charge in [0, 0.05) is 11.6 Å². The van der Waals surface area contributed by atoms with Crippen LogP contribution in [0.5, 0.6) is 0 Å². The van der Waals surface area contributed by atoms with Crippen molar-refractivity contribution in [3.05, 3.63) is 69.7 Å². The average molecular weight is 370 g/mol. The highest BCUT2D eigenvalue weighted by molar-refractivity contribution is 6.00. The summed E-state index contributed by atoms with van der Waals surface area (Å²) in [5.41, 5.74) is 4.56. The molecule has 0 atom stereocenters. The summed E-state index contributed by atoms with van der Waals surface area (Å²) in [5, 5.41) is 15.2. The van der Waals surface area contributed by atoms with E-state index in [1.807, 2.05) is 0 Å². The number of carbonyl (C=O) groups is 2. The standard InChI is InChI=1S/C16H14N6O5/c1-9-5-12(10(2)27-9)16(24)20-19-15(23)11-3-4-13(14(6-11)22(25)26)21-8-17-7-18-21/h3-8H,1-2H3,(H,19,23)(H,20,24). The molecule has 0 spiro atoms. The van der Waals surface area contributed by atoms with Crippen LogP contribution in [0.1, 0.15) is 32.2 Å². The van der Waals surface area contributed by atoms with Gasteiger partial charge >= 0.3 is 0 Å².